The zero-order valence-corrected chi connectivity index (χ0v) is 27.4. The molecule has 0 fully saturated rings. The molecule has 0 spiro atoms. The van der Waals surface area contributed by atoms with Crippen molar-refractivity contribution >= 4 is 43.6 Å². The van der Waals surface area contributed by atoms with Crippen LogP contribution >= 0.6 is 0 Å². The van der Waals surface area contributed by atoms with Crippen molar-refractivity contribution in [1.29, 1.82) is 0 Å². The number of nitrogens with zero attached hydrogens (tertiary/aromatic N) is 2. The predicted octanol–water partition coefficient (Wildman–Crippen LogP) is 12.9. The molecule has 2 heteroatoms. The Morgan fingerprint density at radius 2 is 0.780 bits per heavy atom. The topological polar surface area (TPSA) is 9.86 Å². The minimum absolute atomic E-state index is 1.16. The van der Waals surface area contributed by atoms with Crippen molar-refractivity contribution in [3.8, 4) is 44.8 Å². The number of hydrogen-bond acceptors (Lipinski definition) is 0. The predicted molar refractivity (Wildman–Crippen MR) is 211 cm³/mol. The van der Waals surface area contributed by atoms with E-state index in [-0.39, 0.29) is 0 Å². The van der Waals surface area contributed by atoms with Crippen LogP contribution in [0.25, 0.3) is 88.4 Å². The Balaban J connectivity index is 1.27. The summed E-state index contributed by atoms with van der Waals surface area (Å²) in [5, 5.41) is 5.00. The van der Waals surface area contributed by atoms with Crippen molar-refractivity contribution in [2.24, 2.45) is 0 Å². The maximum Gasteiger partial charge on any atom is 0.0547 e. The van der Waals surface area contributed by atoms with Crippen LogP contribution in [0.15, 0.2) is 194 Å². The van der Waals surface area contributed by atoms with Gasteiger partial charge in [0.1, 0.15) is 0 Å². The monoisotopic (exact) mass is 636 g/mol. The third kappa shape index (κ3) is 4.43. The van der Waals surface area contributed by atoms with Crippen molar-refractivity contribution in [2.75, 3.05) is 0 Å². The molecular formula is C48H32N2. The molecule has 2 heterocycles. The summed E-state index contributed by atoms with van der Waals surface area (Å²) in [6.45, 7) is 0. The minimum atomic E-state index is 1.16. The van der Waals surface area contributed by atoms with E-state index < -0.39 is 0 Å². The van der Waals surface area contributed by atoms with Crippen LogP contribution in [-0.2, 0) is 0 Å². The Morgan fingerprint density at radius 3 is 1.44 bits per heavy atom. The molecule has 10 aromatic rings. The molecular weight excluding hydrogens is 605 g/mol. The van der Waals surface area contributed by atoms with E-state index in [4.69, 9.17) is 0 Å². The molecule has 0 radical (unpaired) electrons. The van der Waals surface area contributed by atoms with E-state index in [1.54, 1.807) is 0 Å². The van der Waals surface area contributed by atoms with Gasteiger partial charge in [-0.15, -0.1) is 0 Å². The van der Waals surface area contributed by atoms with Gasteiger partial charge in [-0.3, -0.25) is 0 Å². The first-order valence-corrected chi connectivity index (χ1v) is 17.2. The van der Waals surface area contributed by atoms with Crippen molar-refractivity contribution < 1.29 is 0 Å². The molecule has 2 aromatic heterocycles. The van der Waals surface area contributed by atoms with Crippen LogP contribution in [0.2, 0.25) is 0 Å². The summed E-state index contributed by atoms with van der Waals surface area (Å²) >= 11 is 0. The Bertz CT molecular complexity index is 2740. The van der Waals surface area contributed by atoms with Crippen LogP contribution in [0.4, 0.5) is 0 Å². The molecule has 10 rings (SSSR count). The van der Waals surface area contributed by atoms with Gasteiger partial charge in [-0.1, -0.05) is 140 Å². The fraction of sp³-hybridized carbons (Fsp3) is 0. The first-order valence-electron chi connectivity index (χ1n) is 17.2. The molecule has 0 saturated carbocycles. The van der Waals surface area contributed by atoms with Gasteiger partial charge < -0.3 is 9.13 Å². The molecule has 0 unspecified atom stereocenters. The zero-order chi connectivity index (χ0) is 33.0. The van der Waals surface area contributed by atoms with Gasteiger partial charge in [-0.05, 0) is 82.4 Å². The van der Waals surface area contributed by atoms with E-state index >= 15 is 0 Å². The van der Waals surface area contributed by atoms with Crippen LogP contribution in [0.1, 0.15) is 0 Å². The second-order valence-corrected chi connectivity index (χ2v) is 12.9. The molecule has 2 nitrogen and oxygen atoms in total. The minimum Gasteiger partial charge on any atom is -0.309 e. The number of aromatic nitrogens is 2. The summed E-state index contributed by atoms with van der Waals surface area (Å²) in [6.07, 6.45) is 0. The molecule has 0 N–H and O–H groups in total. The largest absolute Gasteiger partial charge is 0.309 e. The smallest absolute Gasteiger partial charge is 0.0547 e. The highest BCUT2D eigenvalue weighted by Gasteiger charge is 2.20. The highest BCUT2D eigenvalue weighted by molar-refractivity contribution is 6.17. The normalized spacial score (nSPS) is 11.6. The Labute approximate surface area is 290 Å². The highest BCUT2D eigenvalue weighted by atomic mass is 15.0. The SMILES string of the molecule is c1ccc(-c2ccc3c(c2)c2cc(-c4ccccc4)ccc2n3-c2ccccc2-c2cccc3c2c2ccccc2n3-c2ccccc2)cc1. The van der Waals surface area contributed by atoms with E-state index in [2.05, 4.69) is 203 Å². The Kier molecular flexibility index (Phi) is 6.53. The molecule has 0 aliphatic heterocycles. The lowest BCUT2D eigenvalue weighted by Gasteiger charge is -2.15. The van der Waals surface area contributed by atoms with Crippen molar-refractivity contribution in [1.82, 2.24) is 9.13 Å². The summed E-state index contributed by atoms with van der Waals surface area (Å²) in [6, 6.07) is 70.4. The summed E-state index contributed by atoms with van der Waals surface area (Å²) in [5.74, 6) is 0. The van der Waals surface area contributed by atoms with Gasteiger partial charge in [0, 0.05) is 32.8 Å². The van der Waals surface area contributed by atoms with Crippen LogP contribution < -0.4 is 0 Å². The number of hydrogen-bond donors (Lipinski definition) is 0. The lowest BCUT2D eigenvalue weighted by Crippen LogP contribution is -1.98. The number of para-hydroxylation sites is 3. The molecule has 0 amide bonds. The van der Waals surface area contributed by atoms with Crippen LogP contribution in [0.5, 0.6) is 0 Å². The lowest BCUT2D eigenvalue weighted by atomic mass is 9.97. The first kappa shape index (κ1) is 28.4. The van der Waals surface area contributed by atoms with Gasteiger partial charge >= 0.3 is 0 Å². The lowest BCUT2D eigenvalue weighted by molar-refractivity contribution is 1.18. The molecule has 0 saturated heterocycles. The highest BCUT2D eigenvalue weighted by Crippen LogP contribution is 2.43. The first-order chi connectivity index (χ1) is 24.8. The summed E-state index contributed by atoms with van der Waals surface area (Å²) in [7, 11) is 0. The average molecular weight is 637 g/mol. The van der Waals surface area contributed by atoms with Crippen molar-refractivity contribution in [2.45, 2.75) is 0 Å². The second kappa shape index (κ2) is 11.5. The number of fused-ring (bicyclic) bond motifs is 6. The van der Waals surface area contributed by atoms with E-state index in [0.717, 1.165) is 11.4 Å². The summed E-state index contributed by atoms with van der Waals surface area (Å²) in [4.78, 5) is 0. The molecule has 0 bridgehead atoms. The summed E-state index contributed by atoms with van der Waals surface area (Å²) in [5.41, 5.74) is 14.4. The van der Waals surface area contributed by atoms with Gasteiger partial charge in [0.2, 0.25) is 0 Å². The average Bonchev–Trinajstić information content (AvgIpc) is 3.71. The molecule has 0 atom stereocenters. The molecule has 0 aliphatic rings. The van der Waals surface area contributed by atoms with Gasteiger partial charge in [-0.25, -0.2) is 0 Å². The molecule has 234 valence electrons. The fourth-order valence-electron chi connectivity index (χ4n) is 7.90. The van der Waals surface area contributed by atoms with Crippen molar-refractivity contribution in [3.05, 3.63) is 194 Å². The van der Waals surface area contributed by atoms with Crippen LogP contribution in [-0.4, -0.2) is 9.13 Å². The maximum absolute atomic E-state index is 2.47. The molecule has 0 aliphatic carbocycles. The Hall–Kier alpha value is -6.64. The van der Waals surface area contributed by atoms with Gasteiger partial charge in [-0.2, -0.15) is 0 Å². The van der Waals surface area contributed by atoms with Gasteiger partial charge in [0.05, 0.1) is 27.8 Å². The third-order valence-electron chi connectivity index (χ3n) is 10.1. The van der Waals surface area contributed by atoms with E-state index in [9.17, 15) is 0 Å². The molecule has 8 aromatic carbocycles. The Morgan fingerprint density at radius 1 is 0.280 bits per heavy atom. The summed E-state index contributed by atoms with van der Waals surface area (Å²) < 4.78 is 4.87. The van der Waals surface area contributed by atoms with Gasteiger partial charge in [0.25, 0.3) is 0 Å². The van der Waals surface area contributed by atoms with E-state index in [0.29, 0.717) is 0 Å². The zero-order valence-electron chi connectivity index (χ0n) is 27.4. The van der Waals surface area contributed by atoms with Crippen molar-refractivity contribution in [3.63, 3.8) is 0 Å². The standard InChI is InChI=1S/C48H32N2/c1-4-15-33(16-5-1)35-27-29-45-41(31-35)42-32-36(34-17-6-2-7-18-34)28-30-46(42)50(45)43-24-12-10-21-38(43)39-23-14-26-47-48(39)40-22-11-13-25-44(40)49(47)37-19-8-3-9-20-37/h1-32H. The maximum atomic E-state index is 2.47. The third-order valence-corrected chi connectivity index (χ3v) is 10.1. The van der Waals surface area contributed by atoms with Gasteiger partial charge in [0.15, 0.2) is 0 Å². The van der Waals surface area contributed by atoms with E-state index in [1.807, 2.05) is 0 Å². The van der Waals surface area contributed by atoms with Crippen LogP contribution in [0, 0.1) is 0 Å². The molecule has 50 heavy (non-hydrogen) atoms. The van der Waals surface area contributed by atoms with Crippen LogP contribution in [0.3, 0.4) is 0 Å². The quantitative estimate of drug-likeness (QED) is 0.178. The fourth-order valence-corrected chi connectivity index (χ4v) is 7.90. The number of rotatable bonds is 5. The van der Waals surface area contributed by atoms with E-state index in [1.165, 1.54) is 77.0 Å². The second-order valence-electron chi connectivity index (χ2n) is 12.9. The number of benzene rings is 8.